The van der Waals surface area contributed by atoms with Crippen LogP contribution in [0.15, 0.2) is 40.9 Å². The highest BCUT2D eigenvalue weighted by Gasteiger charge is 2.29. The van der Waals surface area contributed by atoms with Crippen molar-refractivity contribution in [1.82, 2.24) is 20.4 Å². The average Bonchev–Trinajstić information content (AvgIpc) is 3.40. The van der Waals surface area contributed by atoms with E-state index < -0.39 is 0 Å². The van der Waals surface area contributed by atoms with Crippen LogP contribution in [0.25, 0.3) is 22.4 Å². The second kappa shape index (κ2) is 6.88. The Morgan fingerprint density at radius 1 is 1.27 bits per heavy atom. The number of rotatable bonds is 6. The maximum Gasteiger partial charge on any atom is 0.259 e. The number of likely N-dealkylation sites (N-methyl/N-ethyl adjacent to an activating group) is 1. The lowest BCUT2D eigenvalue weighted by Crippen LogP contribution is -2.31. The number of pyridine rings is 1. The zero-order chi connectivity index (χ0) is 18.1. The highest BCUT2D eigenvalue weighted by atomic mass is 16.5. The smallest absolute Gasteiger partial charge is 0.259 e. The van der Waals surface area contributed by atoms with Crippen LogP contribution in [0.2, 0.25) is 0 Å². The van der Waals surface area contributed by atoms with E-state index in [9.17, 15) is 4.79 Å². The summed E-state index contributed by atoms with van der Waals surface area (Å²) in [6, 6.07) is 11.7. The molecule has 0 radical (unpaired) electrons. The van der Waals surface area contributed by atoms with E-state index in [2.05, 4.69) is 15.5 Å². The second-order valence-corrected chi connectivity index (χ2v) is 7.01. The first-order chi connectivity index (χ1) is 12.6. The molecule has 1 aliphatic rings. The largest absolute Gasteiger partial charge is 0.351 e. The molecule has 0 aliphatic heterocycles. The molecule has 0 spiro atoms. The summed E-state index contributed by atoms with van der Waals surface area (Å²) in [5, 5.41) is 7.90. The van der Waals surface area contributed by atoms with E-state index in [-0.39, 0.29) is 5.91 Å². The van der Waals surface area contributed by atoms with Crippen LogP contribution in [0.4, 0.5) is 0 Å². The average molecular weight is 350 g/mol. The highest BCUT2D eigenvalue weighted by molar-refractivity contribution is 6.09. The molecular weight excluding hydrogens is 328 g/mol. The Bertz CT molecular complexity index is 930. The Kier molecular flexibility index (Phi) is 4.42. The fourth-order valence-corrected chi connectivity index (χ4v) is 3.02. The molecule has 134 valence electrons. The van der Waals surface area contributed by atoms with Crippen LogP contribution >= 0.6 is 0 Å². The molecule has 4 rings (SSSR count). The van der Waals surface area contributed by atoms with Gasteiger partial charge in [-0.05, 0) is 33.0 Å². The topological polar surface area (TPSA) is 71.3 Å². The second-order valence-electron chi connectivity index (χ2n) is 7.01. The quantitative estimate of drug-likeness (QED) is 0.740. The van der Waals surface area contributed by atoms with Gasteiger partial charge in [-0.25, -0.2) is 4.98 Å². The highest BCUT2D eigenvalue weighted by Crippen LogP contribution is 2.41. The molecule has 0 bridgehead atoms. The number of nitrogens with one attached hydrogen (secondary N) is 1. The van der Waals surface area contributed by atoms with Gasteiger partial charge >= 0.3 is 0 Å². The number of benzene rings is 1. The Hall–Kier alpha value is -2.73. The molecule has 1 aliphatic carbocycles. The van der Waals surface area contributed by atoms with Gasteiger partial charge < -0.3 is 14.7 Å². The van der Waals surface area contributed by atoms with Crippen molar-refractivity contribution >= 4 is 17.0 Å². The van der Waals surface area contributed by atoms with E-state index in [1.807, 2.05) is 55.4 Å². The summed E-state index contributed by atoms with van der Waals surface area (Å²) in [6.45, 7) is 1.37. The first-order valence-electron chi connectivity index (χ1n) is 8.92. The minimum Gasteiger partial charge on any atom is -0.351 e. The molecule has 1 saturated carbocycles. The van der Waals surface area contributed by atoms with Gasteiger partial charge in [0.25, 0.3) is 11.6 Å². The third kappa shape index (κ3) is 3.32. The Labute approximate surface area is 152 Å². The van der Waals surface area contributed by atoms with Crippen molar-refractivity contribution in [3.8, 4) is 11.3 Å². The van der Waals surface area contributed by atoms with Gasteiger partial charge in [0, 0.05) is 30.3 Å². The van der Waals surface area contributed by atoms with Gasteiger partial charge in [0.05, 0.1) is 10.9 Å². The molecule has 2 heterocycles. The van der Waals surface area contributed by atoms with Crippen LogP contribution in [-0.4, -0.2) is 48.1 Å². The van der Waals surface area contributed by atoms with Gasteiger partial charge in [-0.15, -0.1) is 0 Å². The number of hydrogen-bond acceptors (Lipinski definition) is 5. The molecule has 2 aromatic heterocycles. The summed E-state index contributed by atoms with van der Waals surface area (Å²) >= 11 is 0. The predicted octanol–water partition coefficient (Wildman–Crippen LogP) is 3.06. The Balaban J connectivity index is 1.77. The molecule has 26 heavy (non-hydrogen) atoms. The molecule has 0 unspecified atom stereocenters. The minimum absolute atomic E-state index is 0.110. The number of aromatic nitrogens is 2. The van der Waals surface area contributed by atoms with Crippen molar-refractivity contribution < 1.29 is 9.32 Å². The number of hydrogen-bond donors (Lipinski definition) is 1. The van der Waals surface area contributed by atoms with Gasteiger partial charge in [-0.3, -0.25) is 4.79 Å². The van der Waals surface area contributed by atoms with Gasteiger partial charge in [0.15, 0.2) is 0 Å². The Morgan fingerprint density at radius 3 is 2.73 bits per heavy atom. The molecule has 0 atom stereocenters. The zero-order valence-corrected chi connectivity index (χ0v) is 15.0. The van der Waals surface area contributed by atoms with Crippen LogP contribution in [0, 0.1) is 0 Å². The molecule has 3 aromatic rings. The SMILES string of the molecule is CN(C)CCNC(=O)c1cc(C2CC2)nc2onc(-c3ccccc3)c12. The Morgan fingerprint density at radius 2 is 2.04 bits per heavy atom. The predicted molar refractivity (Wildman–Crippen MR) is 100 cm³/mol. The van der Waals surface area contributed by atoms with Gasteiger partial charge in [0.1, 0.15) is 5.69 Å². The number of carbonyl (C=O) groups is 1. The van der Waals surface area contributed by atoms with Crippen LogP contribution in [0.5, 0.6) is 0 Å². The first kappa shape index (κ1) is 16.7. The molecule has 1 amide bonds. The molecule has 6 heteroatoms. The lowest BCUT2D eigenvalue weighted by molar-refractivity contribution is 0.0952. The third-order valence-corrected chi connectivity index (χ3v) is 4.60. The van der Waals surface area contributed by atoms with E-state index in [0.29, 0.717) is 34.8 Å². The summed E-state index contributed by atoms with van der Waals surface area (Å²) in [7, 11) is 3.96. The van der Waals surface area contributed by atoms with Gasteiger partial charge in [-0.1, -0.05) is 35.5 Å². The summed E-state index contributed by atoms with van der Waals surface area (Å²) in [4.78, 5) is 19.5. The third-order valence-electron chi connectivity index (χ3n) is 4.60. The molecule has 6 nitrogen and oxygen atoms in total. The number of nitrogens with zero attached hydrogens (tertiary/aromatic N) is 3. The summed E-state index contributed by atoms with van der Waals surface area (Å²) < 4.78 is 5.51. The molecular formula is C20H22N4O2. The van der Waals surface area contributed by atoms with Crippen LogP contribution in [0.1, 0.15) is 34.8 Å². The number of carbonyl (C=O) groups excluding carboxylic acids is 1. The number of amides is 1. The maximum absolute atomic E-state index is 12.9. The van der Waals surface area contributed by atoms with Crippen LogP contribution in [0.3, 0.4) is 0 Å². The van der Waals surface area contributed by atoms with Crippen LogP contribution in [-0.2, 0) is 0 Å². The molecule has 1 N–H and O–H groups in total. The van der Waals surface area contributed by atoms with Crippen molar-refractivity contribution in [2.75, 3.05) is 27.2 Å². The van der Waals surface area contributed by atoms with Gasteiger partial charge in [0.2, 0.25) is 0 Å². The van der Waals surface area contributed by atoms with E-state index in [1.54, 1.807) is 0 Å². The minimum atomic E-state index is -0.110. The van der Waals surface area contributed by atoms with Crippen molar-refractivity contribution in [3.05, 3.63) is 47.7 Å². The summed E-state index contributed by atoms with van der Waals surface area (Å²) in [5.74, 6) is 0.319. The van der Waals surface area contributed by atoms with Crippen molar-refractivity contribution in [2.24, 2.45) is 0 Å². The standard InChI is InChI=1S/C20H22N4O2/c1-24(2)11-10-21-19(25)15-12-16(13-8-9-13)22-20-17(15)18(23-26-20)14-6-4-3-5-7-14/h3-7,12-13H,8-11H2,1-2H3,(H,21,25). The normalized spacial score (nSPS) is 14.1. The van der Waals surface area contributed by atoms with E-state index in [1.165, 1.54) is 0 Å². The van der Waals surface area contributed by atoms with Crippen molar-refractivity contribution in [2.45, 2.75) is 18.8 Å². The summed E-state index contributed by atoms with van der Waals surface area (Å²) in [6.07, 6.45) is 2.22. The zero-order valence-electron chi connectivity index (χ0n) is 15.0. The fraction of sp³-hybridized carbons (Fsp3) is 0.350. The molecule has 0 saturated heterocycles. The van der Waals surface area contributed by atoms with Gasteiger partial charge in [-0.2, -0.15) is 0 Å². The lowest BCUT2D eigenvalue weighted by atomic mass is 10.0. The monoisotopic (exact) mass is 350 g/mol. The van der Waals surface area contributed by atoms with E-state index in [4.69, 9.17) is 4.52 Å². The lowest BCUT2D eigenvalue weighted by Gasteiger charge is -2.11. The first-order valence-corrected chi connectivity index (χ1v) is 8.92. The summed E-state index contributed by atoms with van der Waals surface area (Å²) in [5.41, 5.74) is 3.52. The van der Waals surface area contributed by atoms with E-state index >= 15 is 0 Å². The molecule has 1 aromatic carbocycles. The van der Waals surface area contributed by atoms with Crippen molar-refractivity contribution in [3.63, 3.8) is 0 Å². The van der Waals surface area contributed by atoms with Crippen molar-refractivity contribution in [1.29, 1.82) is 0 Å². The number of fused-ring (bicyclic) bond motifs is 1. The van der Waals surface area contributed by atoms with Crippen LogP contribution < -0.4 is 5.32 Å². The fourth-order valence-electron chi connectivity index (χ4n) is 3.02. The molecule has 1 fully saturated rings. The maximum atomic E-state index is 12.9. The van der Waals surface area contributed by atoms with E-state index in [0.717, 1.165) is 30.6 Å².